The Morgan fingerprint density at radius 2 is 1.85 bits per heavy atom. The van der Waals surface area contributed by atoms with Crippen LogP contribution < -0.4 is 10.2 Å². The van der Waals surface area contributed by atoms with Crippen molar-refractivity contribution in [1.29, 1.82) is 0 Å². The number of nitrogens with one attached hydrogen (secondary N) is 1. The third kappa shape index (κ3) is 4.61. The van der Waals surface area contributed by atoms with Crippen LogP contribution in [0.1, 0.15) is 5.56 Å². The van der Waals surface area contributed by atoms with Crippen LogP contribution >= 0.6 is 0 Å². The normalized spacial score (nSPS) is 15.5. The third-order valence-electron chi connectivity index (χ3n) is 5.60. The molecule has 0 radical (unpaired) electrons. The van der Waals surface area contributed by atoms with Gasteiger partial charge in [0.15, 0.2) is 21.5 Å². The molecule has 168 valence electrons. The van der Waals surface area contributed by atoms with Crippen LogP contribution in [0.2, 0.25) is 0 Å². The monoisotopic (exact) mass is 464 g/mol. The predicted octanol–water partition coefficient (Wildman–Crippen LogP) is 3.07. The Labute approximate surface area is 190 Å². The van der Waals surface area contributed by atoms with Crippen molar-refractivity contribution in [3.8, 4) is 11.3 Å². The van der Waals surface area contributed by atoms with Crippen molar-refractivity contribution >= 4 is 32.4 Å². The number of rotatable bonds is 5. The number of fused-ring (bicyclic) bond motifs is 1. The second-order valence-electron chi connectivity index (χ2n) is 7.81. The first-order valence-electron chi connectivity index (χ1n) is 10.5. The molecule has 0 amide bonds. The summed E-state index contributed by atoms with van der Waals surface area (Å²) in [7, 11) is -2.94. The minimum Gasteiger partial charge on any atom is -0.363 e. The highest BCUT2D eigenvalue weighted by Gasteiger charge is 2.22. The Hall–Kier alpha value is -3.66. The van der Waals surface area contributed by atoms with Gasteiger partial charge in [-0.05, 0) is 29.8 Å². The Morgan fingerprint density at radius 1 is 1.00 bits per heavy atom. The van der Waals surface area contributed by atoms with Crippen molar-refractivity contribution in [2.75, 3.05) is 34.8 Å². The number of aromatic nitrogens is 4. The molecule has 1 fully saturated rings. The number of sulfone groups is 1. The van der Waals surface area contributed by atoms with Crippen LogP contribution in [0.3, 0.4) is 0 Å². The van der Waals surface area contributed by atoms with Crippen molar-refractivity contribution in [1.82, 2.24) is 19.9 Å². The van der Waals surface area contributed by atoms with Crippen molar-refractivity contribution in [3.05, 3.63) is 72.6 Å². The van der Waals surface area contributed by atoms with Gasteiger partial charge in [0.25, 0.3) is 0 Å². The predicted molar refractivity (Wildman–Crippen MR) is 125 cm³/mol. The summed E-state index contributed by atoms with van der Waals surface area (Å²) in [4.78, 5) is 18.9. The van der Waals surface area contributed by atoms with Crippen LogP contribution in [0.4, 0.5) is 16.0 Å². The second kappa shape index (κ2) is 8.70. The lowest BCUT2D eigenvalue weighted by atomic mass is 10.1. The molecule has 10 heteroatoms. The molecule has 4 heterocycles. The largest absolute Gasteiger partial charge is 0.363 e. The van der Waals surface area contributed by atoms with Gasteiger partial charge in [0, 0.05) is 43.0 Å². The Balaban J connectivity index is 1.29. The van der Waals surface area contributed by atoms with E-state index in [1.807, 2.05) is 41.3 Å². The van der Waals surface area contributed by atoms with E-state index < -0.39 is 15.7 Å². The summed E-state index contributed by atoms with van der Waals surface area (Å²) in [6.45, 7) is 1.20. The molecule has 0 aliphatic carbocycles. The lowest BCUT2D eigenvalue weighted by molar-refractivity contribution is 0.586. The fourth-order valence-electron chi connectivity index (χ4n) is 3.75. The van der Waals surface area contributed by atoms with Gasteiger partial charge in [0.05, 0.1) is 17.0 Å². The van der Waals surface area contributed by atoms with E-state index in [0.717, 1.165) is 22.3 Å². The van der Waals surface area contributed by atoms with Gasteiger partial charge in [-0.25, -0.2) is 27.8 Å². The van der Waals surface area contributed by atoms with Crippen molar-refractivity contribution < 1.29 is 12.8 Å². The van der Waals surface area contributed by atoms with Crippen LogP contribution in [0, 0.1) is 5.82 Å². The zero-order chi connectivity index (χ0) is 22.8. The van der Waals surface area contributed by atoms with Gasteiger partial charge in [-0.15, -0.1) is 0 Å². The summed E-state index contributed by atoms with van der Waals surface area (Å²) < 4.78 is 38.4. The fourth-order valence-corrected chi connectivity index (χ4v) is 4.95. The first-order chi connectivity index (χ1) is 16.0. The summed E-state index contributed by atoms with van der Waals surface area (Å²) in [5.74, 6) is 0.591. The summed E-state index contributed by atoms with van der Waals surface area (Å²) in [5.41, 5.74) is 2.54. The average Bonchev–Trinajstić information content (AvgIpc) is 2.83. The summed E-state index contributed by atoms with van der Waals surface area (Å²) in [6, 6.07) is 13.0. The zero-order valence-corrected chi connectivity index (χ0v) is 18.5. The van der Waals surface area contributed by atoms with Gasteiger partial charge in [-0.3, -0.25) is 4.98 Å². The van der Waals surface area contributed by atoms with E-state index in [9.17, 15) is 8.42 Å². The molecule has 1 aliphatic rings. The molecule has 8 nitrogen and oxygen atoms in total. The molecule has 33 heavy (non-hydrogen) atoms. The van der Waals surface area contributed by atoms with Gasteiger partial charge in [0.2, 0.25) is 0 Å². The molecule has 0 unspecified atom stereocenters. The van der Waals surface area contributed by atoms with E-state index in [0.29, 0.717) is 25.2 Å². The topological polar surface area (TPSA) is 101 Å². The Bertz CT molecular complexity index is 1400. The maximum Gasteiger partial charge on any atom is 0.191 e. The fraction of sp³-hybridized carbons (Fsp3) is 0.217. The summed E-state index contributed by atoms with van der Waals surface area (Å²) in [6.07, 6.45) is 4.75. The summed E-state index contributed by atoms with van der Waals surface area (Å²) in [5, 5.41) is 3.92. The molecule has 1 aromatic carbocycles. The van der Waals surface area contributed by atoms with Gasteiger partial charge in [-0.1, -0.05) is 18.2 Å². The molecule has 3 aromatic heterocycles. The molecule has 1 aliphatic heterocycles. The standard InChI is InChI=1S/C23H21FN6O2S/c24-21-22(18-4-5-19-17(12-18)2-1-7-25-19)28-15-29-23(21)27-14-16-3-6-20(26-13-16)30-8-10-33(31,32)11-9-30/h1-7,12-13,15H,8-11,14H2,(H,27,28,29). The molecule has 5 rings (SSSR count). The van der Waals surface area contributed by atoms with E-state index in [1.54, 1.807) is 18.5 Å². The highest BCUT2D eigenvalue weighted by Crippen LogP contribution is 2.27. The van der Waals surface area contributed by atoms with Crippen molar-refractivity contribution in [2.24, 2.45) is 0 Å². The number of nitrogens with zero attached hydrogens (tertiary/aromatic N) is 5. The van der Waals surface area contributed by atoms with E-state index in [4.69, 9.17) is 0 Å². The molecule has 1 N–H and O–H groups in total. The number of benzene rings is 1. The molecule has 0 atom stereocenters. The van der Waals surface area contributed by atoms with E-state index >= 15 is 4.39 Å². The molecule has 0 saturated carbocycles. The molecule has 0 bridgehead atoms. The van der Waals surface area contributed by atoms with Crippen LogP contribution in [0.15, 0.2) is 61.2 Å². The maximum atomic E-state index is 15.2. The number of hydrogen-bond donors (Lipinski definition) is 1. The molecular formula is C23H21FN6O2S. The summed E-state index contributed by atoms with van der Waals surface area (Å²) >= 11 is 0. The van der Waals surface area contributed by atoms with Crippen LogP contribution in [-0.4, -0.2) is 52.9 Å². The number of hydrogen-bond acceptors (Lipinski definition) is 8. The van der Waals surface area contributed by atoms with E-state index in [2.05, 4.69) is 25.3 Å². The van der Waals surface area contributed by atoms with E-state index in [1.165, 1.54) is 6.33 Å². The number of halogens is 1. The third-order valence-corrected chi connectivity index (χ3v) is 7.21. The van der Waals surface area contributed by atoms with Gasteiger partial charge in [-0.2, -0.15) is 0 Å². The quantitative estimate of drug-likeness (QED) is 0.481. The lowest BCUT2D eigenvalue weighted by Crippen LogP contribution is -2.40. The van der Waals surface area contributed by atoms with Crippen LogP contribution in [-0.2, 0) is 16.4 Å². The second-order valence-corrected chi connectivity index (χ2v) is 10.1. The van der Waals surface area contributed by atoms with Crippen LogP contribution in [0.25, 0.3) is 22.2 Å². The SMILES string of the molecule is O=S1(=O)CCN(c2ccc(CNc3ncnc(-c4ccc5ncccc5c4)c3F)cn2)CC1. The average molecular weight is 465 g/mol. The first kappa shape index (κ1) is 21.2. The smallest absolute Gasteiger partial charge is 0.191 e. The lowest BCUT2D eigenvalue weighted by Gasteiger charge is -2.27. The van der Waals surface area contributed by atoms with Gasteiger partial charge >= 0.3 is 0 Å². The Morgan fingerprint density at radius 3 is 2.64 bits per heavy atom. The Kier molecular flexibility index (Phi) is 5.59. The van der Waals surface area contributed by atoms with Crippen LogP contribution in [0.5, 0.6) is 0 Å². The van der Waals surface area contributed by atoms with Crippen molar-refractivity contribution in [3.63, 3.8) is 0 Å². The van der Waals surface area contributed by atoms with Gasteiger partial charge in [0.1, 0.15) is 17.8 Å². The van der Waals surface area contributed by atoms with Gasteiger partial charge < -0.3 is 10.2 Å². The molecular weight excluding hydrogens is 443 g/mol. The molecule has 1 saturated heterocycles. The minimum atomic E-state index is -2.94. The zero-order valence-electron chi connectivity index (χ0n) is 17.6. The van der Waals surface area contributed by atoms with E-state index in [-0.39, 0.29) is 23.0 Å². The number of anilines is 2. The molecule has 4 aromatic rings. The maximum absolute atomic E-state index is 15.2. The van der Waals surface area contributed by atoms with Crippen molar-refractivity contribution in [2.45, 2.75) is 6.54 Å². The highest BCUT2D eigenvalue weighted by atomic mass is 32.2. The molecule has 0 spiro atoms. The minimum absolute atomic E-state index is 0.108. The highest BCUT2D eigenvalue weighted by molar-refractivity contribution is 7.91. The first-order valence-corrected chi connectivity index (χ1v) is 12.3. The number of pyridine rings is 2.